The first kappa shape index (κ1) is 13.1. The minimum atomic E-state index is -3.22. The summed E-state index contributed by atoms with van der Waals surface area (Å²) >= 11 is 0. The van der Waals surface area contributed by atoms with Crippen molar-refractivity contribution in [3.8, 4) is 0 Å². The number of hydrogen-bond acceptors (Lipinski definition) is 3. The van der Waals surface area contributed by atoms with E-state index in [1.54, 1.807) is 0 Å². The Hall–Kier alpha value is 0.120. The molecule has 5 nitrogen and oxygen atoms in total. The van der Waals surface area contributed by atoms with Crippen LogP contribution in [0.5, 0.6) is 0 Å². The number of nitrogens with two attached hydrogens (primary N) is 1. The third-order valence-electron chi connectivity index (χ3n) is 1.98. The lowest BCUT2D eigenvalue weighted by Crippen LogP contribution is -2.39. The van der Waals surface area contributed by atoms with Crippen molar-refractivity contribution in [1.29, 1.82) is 0 Å². The molecule has 0 aromatic rings. The summed E-state index contributed by atoms with van der Waals surface area (Å²) in [4.78, 5) is 0. The third kappa shape index (κ3) is 2.78. The second-order valence-electron chi connectivity index (χ2n) is 3.20. The summed E-state index contributed by atoms with van der Waals surface area (Å²) in [6, 6.07) is -0.000255. The first-order valence-electron chi connectivity index (χ1n) is 3.88. The number of hydrogen-bond donors (Lipinski definition) is 1. The topological polar surface area (TPSA) is 66.6 Å². The van der Waals surface area contributed by atoms with Crippen molar-refractivity contribution >= 4 is 22.6 Å². The molecule has 1 rings (SSSR count). The molecular formula is C6H16ClN3O2S. The van der Waals surface area contributed by atoms with E-state index < -0.39 is 10.2 Å². The van der Waals surface area contributed by atoms with Crippen LogP contribution in [0.3, 0.4) is 0 Å². The Morgan fingerprint density at radius 1 is 1.46 bits per heavy atom. The van der Waals surface area contributed by atoms with Crippen LogP contribution in [0.15, 0.2) is 0 Å². The van der Waals surface area contributed by atoms with Gasteiger partial charge in [0.05, 0.1) is 0 Å². The minimum Gasteiger partial charge on any atom is -0.326 e. The van der Waals surface area contributed by atoms with E-state index in [-0.39, 0.29) is 18.4 Å². The number of nitrogens with zero attached hydrogens (tertiary/aromatic N) is 2. The molecule has 13 heavy (non-hydrogen) atoms. The summed E-state index contributed by atoms with van der Waals surface area (Å²) in [5, 5.41) is 0. The smallest absolute Gasteiger partial charge is 0.281 e. The largest absolute Gasteiger partial charge is 0.326 e. The summed E-state index contributed by atoms with van der Waals surface area (Å²) in [5.41, 5.74) is 5.60. The molecule has 80 valence electrons. The van der Waals surface area contributed by atoms with E-state index in [9.17, 15) is 8.42 Å². The van der Waals surface area contributed by atoms with Gasteiger partial charge in [0.2, 0.25) is 0 Å². The summed E-state index contributed by atoms with van der Waals surface area (Å²) in [6.07, 6.45) is 0.757. The molecule has 0 aromatic heterocycles. The van der Waals surface area contributed by atoms with Gasteiger partial charge in [0.25, 0.3) is 10.2 Å². The van der Waals surface area contributed by atoms with Crippen LogP contribution in [0, 0.1) is 0 Å². The molecule has 0 radical (unpaired) electrons. The van der Waals surface area contributed by atoms with Gasteiger partial charge in [-0.05, 0) is 6.42 Å². The standard InChI is InChI=1S/C6H15N3O2S.ClH/c1-8(2)12(10,11)9-4-3-6(7)5-9;/h6H,3-5,7H2,1-2H3;1H. The molecule has 0 saturated carbocycles. The number of rotatable bonds is 2. The lowest BCUT2D eigenvalue weighted by atomic mass is 10.3. The van der Waals surface area contributed by atoms with Crippen LogP contribution in [-0.4, -0.2) is 50.3 Å². The van der Waals surface area contributed by atoms with Crippen LogP contribution in [-0.2, 0) is 10.2 Å². The van der Waals surface area contributed by atoms with Crippen LogP contribution in [0.25, 0.3) is 0 Å². The fraction of sp³-hybridized carbons (Fsp3) is 1.00. The highest BCUT2D eigenvalue weighted by atomic mass is 35.5. The van der Waals surface area contributed by atoms with Crippen molar-refractivity contribution < 1.29 is 8.42 Å². The summed E-state index contributed by atoms with van der Waals surface area (Å²) in [5.74, 6) is 0. The lowest BCUT2D eigenvalue weighted by Gasteiger charge is -2.20. The van der Waals surface area contributed by atoms with Gasteiger partial charge in [0, 0.05) is 33.2 Å². The minimum absolute atomic E-state index is 0. The van der Waals surface area contributed by atoms with Gasteiger partial charge in [-0.3, -0.25) is 0 Å². The normalized spacial score (nSPS) is 24.8. The highest BCUT2D eigenvalue weighted by Crippen LogP contribution is 2.13. The third-order valence-corrected chi connectivity index (χ3v) is 3.88. The van der Waals surface area contributed by atoms with Crippen LogP contribution >= 0.6 is 12.4 Å². The Morgan fingerprint density at radius 2 is 2.00 bits per heavy atom. The molecule has 1 atom stereocenters. The monoisotopic (exact) mass is 229 g/mol. The van der Waals surface area contributed by atoms with Gasteiger partial charge < -0.3 is 5.73 Å². The van der Waals surface area contributed by atoms with Gasteiger partial charge in [-0.25, -0.2) is 0 Å². The molecule has 1 unspecified atom stereocenters. The van der Waals surface area contributed by atoms with Gasteiger partial charge >= 0.3 is 0 Å². The molecule has 7 heteroatoms. The van der Waals surface area contributed by atoms with Crippen LogP contribution in [0.2, 0.25) is 0 Å². The fourth-order valence-corrected chi connectivity index (χ4v) is 2.37. The quantitative estimate of drug-likeness (QED) is 0.678. The van der Waals surface area contributed by atoms with Gasteiger partial charge in [-0.1, -0.05) is 0 Å². The first-order chi connectivity index (χ1) is 5.44. The van der Waals surface area contributed by atoms with Crippen LogP contribution in [0.4, 0.5) is 0 Å². The maximum Gasteiger partial charge on any atom is 0.281 e. The average molecular weight is 230 g/mol. The summed E-state index contributed by atoms with van der Waals surface area (Å²) < 4.78 is 25.6. The molecule has 1 heterocycles. The van der Waals surface area contributed by atoms with Crippen molar-refractivity contribution in [1.82, 2.24) is 8.61 Å². The molecule has 1 saturated heterocycles. The van der Waals surface area contributed by atoms with Crippen molar-refractivity contribution in [2.24, 2.45) is 5.73 Å². The molecule has 2 N–H and O–H groups in total. The second kappa shape index (κ2) is 4.56. The van der Waals surface area contributed by atoms with E-state index in [4.69, 9.17) is 5.73 Å². The van der Waals surface area contributed by atoms with E-state index in [1.807, 2.05) is 0 Å². The van der Waals surface area contributed by atoms with Crippen molar-refractivity contribution in [3.63, 3.8) is 0 Å². The highest BCUT2D eigenvalue weighted by Gasteiger charge is 2.30. The Morgan fingerprint density at radius 3 is 2.31 bits per heavy atom. The first-order valence-corrected chi connectivity index (χ1v) is 5.27. The number of halogens is 1. The average Bonchev–Trinajstić information content (AvgIpc) is 2.35. The van der Waals surface area contributed by atoms with Crippen molar-refractivity contribution in [2.75, 3.05) is 27.2 Å². The van der Waals surface area contributed by atoms with Gasteiger partial charge in [-0.2, -0.15) is 17.0 Å². The summed E-state index contributed by atoms with van der Waals surface area (Å²) in [6.45, 7) is 0.988. The molecule has 1 fully saturated rings. The molecule has 0 aromatic carbocycles. The van der Waals surface area contributed by atoms with Crippen LogP contribution < -0.4 is 5.73 Å². The zero-order valence-electron chi connectivity index (χ0n) is 7.80. The zero-order chi connectivity index (χ0) is 9.35. The van der Waals surface area contributed by atoms with Gasteiger partial charge in [0.1, 0.15) is 0 Å². The van der Waals surface area contributed by atoms with Crippen LogP contribution in [0.1, 0.15) is 6.42 Å². The zero-order valence-corrected chi connectivity index (χ0v) is 9.44. The van der Waals surface area contributed by atoms with E-state index in [0.717, 1.165) is 6.42 Å². The predicted octanol–water partition coefficient (Wildman–Crippen LogP) is -0.752. The lowest BCUT2D eigenvalue weighted by molar-refractivity contribution is 0.418. The van der Waals surface area contributed by atoms with Crippen molar-refractivity contribution in [2.45, 2.75) is 12.5 Å². The Bertz CT molecular complexity index is 255. The maximum atomic E-state index is 11.5. The van der Waals surface area contributed by atoms with E-state index in [2.05, 4.69) is 0 Å². The fourth-order valence-electron chi connectivity index (χ4n) is 1.19. The van der Waals surface area contributed by atoms with Gasteiger partial charge in [0.15, 0.2) is 0 Å². The Labute approximate surface area is 85.5 Å². The maximum absolute atomic E-state index is 11.5. The Balaban J connectivity index is 0.00000144. The van der Waals surface area contributed by atoms with E-state index >= 15 is 0 Å². The molecule has 0 aliphatic carbocycles. The van der Waals surface area contributed by atoms with E-state index in [1.165, 1.54) is 22.7 Å². The molecule has 1 aliphatic heterocycles. The van der Waals surface area contributed by atoms with Crippen molar-refractivity contribution in [3.05, 3.63) is 0 Å². The Kier molecular flexibility index (Phi) is 4.61. The highest BCUT2D eigenvalue weighted by molar-refractivity contribution is 7.86. The second-order valence-corrected chi connectivity index (χ2v) is 5.34. The molecule has 1 aliphatic rings. The summed E-state index contributed by atoms with van der Waals surface area (Å²) in [7, 11) is -0.169. The van der Waals surface area contributed by atoms with Gasteiger partial charge in [-0.15, -0.1) is 12.4 Å². The predicted molar refractivity (Wildman–Crippen MR) is 54.0 cm³/mol. The molecular weight excluding hydrogens is 214 g/mol. The molecule has 0 amide bonds. The molecule has 0 bridgehead atoms. The van der Waals surface area contributed by atoms with E-state index in [0.29, 0.717) is 13.1 Å². The molecule has 0 spiro atoms. The SMILES string of the molecule is CN(C)S(=O)(=O)N1CCC(N)C1.Cl.